The summed E-state index contributed by atoms with van der Waals surface area (Å²) >= 11 is 0. The zero-order chi connectivity index (χ0) is 13.1. The Morgan fingerprint density at radius 2 is 2.12 bits per heavy atom. The first-order valence-corrected chi connectivity index (χ1v) is 6.16. The average Bonchev–Trinajstić information content (AvgIpc) is 2.25. The van der Waals surface area contributed by atoms with Crippen LogP contribution in [0.5, 0.6) is 0 Å². The van der Waals surface area contributed by atoms with E-state index in [1.54, 1.807) is 0 Å². The monoisotopic (exact) mass is 255 g/mol. The lowest BCUT2D eigenvalue weighted by molar-refractivity contribution is 0.1000. The number of carbonyl (C=O) groups excluding carboxylic acids is 1. The second-order valence-electron chi connectivity index (χ2n) is 3.26. The number of nitrogen functional groups attached to an aromatic ring is 1. The molecular formula is C10H13N3O3S. The molecule has 17 heavy (non-hydrogen) atoms. The predicted molar refractivity (Wildman–Crippen MR) is 64.8 cm³/mol. The molecule has 0 saturated carbocycles. The van der Waals surface area contributed by atoms with Gasteiger partial charge in [-0.25, -0.2) is 13.1 Å². The second kappa shape index (κ2) is 4.98. The van der Waals surface area contributed by atoms with Gasteiger partial charge in [0.1, 0.15) is 4.90 Å². The molecule has 1 amide bonds. The van der Waals surface area contributed by atoms with Gasteiger partial charge in [-0.15, -0.1) is 6.58 Å². The van der Waals surface area contributed by atoms with Crippen molar-refractivity contribution in [3.05, 3.63) is 36.4 Å². The molecule has 0 aromatic heterocycles. The van der Waals surface area contributed by atoms with E-state index in [2.05, 4.69) is 11.3 Å². The highest BCUT2D eigenvalue weighted by molar-refractivity contribution is 7.89. The van der Waals surface area contributed by atoms with Crippen molar-refractivity contribution in [2.75, 3.05) is 12.3 Å². The summed E-state index contributed by atoms with van der Waals surface area (Å²) in [5.74, 6) is -0.667. The van der Waals surface area contributed by atoms with Crippen LogP contribution in [0.4, 0.5) is 5.69 Å². The molecule has 1 aromatic carbocycles. The maximum absolute atomic E-state index is 11.7. The van der Waals surface area contributed by atoms with Crippen LogP contribution in [0.2, 0.25) is 0 Å². The molecule has 6 nitrogen and oxygen atoms in total. The quantitative estimate of drug-likeness (QED) is 0.500. The van der Waals surface area contributed by atoms with E-state index in [0.717, 1.165) is 0 Å². The molecule has 0 aliphatic heterocycles. The number of hydrogen-bond donors (Lipinski definition) is 3. The van der Waals surface area contributed by atoms with Gasteiger partial charge in [-0.1, -0.05) is 6.08 Å². The topological polar surface area (TPSA) is 115 Å². The lowest BCUT2D eigenvalue weighted by Crippen LogP contribution is -2.24. The van der Waals surface area contributed by atoms with Crippen LogP contribution >= 0.6 is 0 Å². The Labute approximate surface area is 99.4 Å². The van der Waals surface area contributed by atoms with Crippen molar-refractivity contribution >= 4 is 21.6 Å². The van der Waals surface area contributed by atoms with Crippen molar-refractivity contribution < 1.29 is 13.2 Å². The zero-order valence-corrected chi connectivity index (χ0v) is 9.83. The van der Waals surface area contributed by atoms with Crippen molar-refractivity contribution in [1.82, 2.24) is 4.72 Å². The number of nitrogens with two attached hydrogens (primary N) is 2. The van der Waals surface area contributed by atoms with Gasteiger partial charge in [0, 0.05) is 12.1 Å². The van der Waals surface area contributed by atoms with Gasteiger partial charge in [0.05, 0.1) is 5.69 Å². The lowest BCUT2D eigenvalue weighted by Gasteiger charge is -2.08. The van der Waals surface area contributed by atoms with Crippen molar-refractivity contribution in [2.45, 2.75) is 4.90 Å². The van der Waals surface area contributed by atoms with Crippen LogP contribution in [-0.2, 0) is 10.0 Å². The first kappa shape index (κ1) is 13.2. The molecule has 92 valence electrons. The molecule has 7 heteroatoms. The molecule has 5 N–H and O–H groups in total. The third-order valence-corrected chi connectivity index (χ3v) is 3.50. The van der Waals surface area contributed by atoms with Crippen molar-refractivity contribution in [3.8, 4) is 0 Å². The highest BCUT2D eigenvalue weighted by Gasteiger charge is 2.17. The smallest absolute Gasteiger partial charge is 0.248 e. The summed E-state index contributed by atoms with van der Waals surface area (Å²) < 4.78 is 25.7. The summed E-state index contributed by atoms with van der Waals surface area (Å²) in [7, 11) is -3.69. The van der Waals surface area contributed by atoms with Crippen LogP contribution < -0.4 is 16.2 Å². The van der Waals surface area contributed by atoms with Gasteiger partial charge >= 0.3 is 0 Å². The molecule has 0 aliphatic carbocycles. The number of benzene rings is 1. The number of hydrogen-bond acceptors (Lipinski definition) is 4. The van der Waals surface area contributed by atoms with E-state index in [1.165, 1.54) is 24.3 Å². The minimum atomic E-state index is -3.69. The summed E-state index contributed by atoms with van der Waals surface area (Å²) in [6.07, 6.45) is 1.41. The molecule has 0 bridgehead atoms. The summed E-state index contributed by atoms with van der Waals surface area (Å²) in [5, 5.41) is 0. The van der Waals surface area contributed by atoms with Gasteiger partial charge < -0.3 is 11.5 Å². The van der Waals surface area contributed by atoms with Crippen LogP contribution in [0.15, 0.2) is 35.7 Å². The first-order chi connectivity index (χ1) is 7.88. The lowest BCUT2D eigenvalue weighted by atomic mass is 10.2. The SMILES string of the molecule is C=CCNS(=O)(=O)c1ccc(C(N)=O)cc1N. The molecular weight excluding hydrogens is 242 g/mol. The second-order valence-corrected chi connectivity index (χ2v) is 4.99. The molecule has 1 rings (SSSR count). The van der Waals surface area contributed by atoms with E-state index in [1.807, 2.05) is 0 Å². The molecule has 0 fully saturated rings. The Hall–Kier alpha value is -1.86. The molecule has 0 atom stereocenters. The normalized spacial score (nSPS) is 11.1. The number of nitrogens with one attached hydrogen (secondary N) is 1. The number of amides is 1. The largest absolute Gasteiger partial charge is 0.398 e. The minimum Gasteiger partial charge on any atom is -0.398 e. The van der Waals surface area contributed by atoms with E-state index in [9.17, 15) is 13.2 Å². The van der Waals surface area contributed by atoms with Gasteiger partial charge in [-0.05, 0) is 18.2 Å². The molecule has 0 spiro atoms. The predicted octanol–water partition coefficient (Wildman–Crippen LogP) is -0.168. The summed E-state index contributed by atoms with van der Waals surface area (Å²) in [6.45, 7) is 3.49. The maximum Gasteiger partial charge on any atom is 0.248 e. The van der Waals surface area contributed by atoms with Crippen LogP contribution in [0, 0.1) is 0 Å². The molecule has 0 aliphatic rings. The number of sulfonamides is 1. The Morgan fingerprint density at radius 1 is 1.47 bits per heavy atom. The van der Waals surface area contributed by atoms with E-state index >= 15 is 0 Å². The van der Waals surface area contributed by atoms with Crippen LogP contribution in [0.25, 0.3) is 0 Å². The standard InChI is InChI=1S/C10H13N3O3S/c1-2-5-13-17(15,16)9-4-3-7(10(12)14)6-8(9)11/h2-4,6,13H,1,5,11H2,(H2,12,14). The van der Waals surface area contributed by atoms with E-state index in [0.29, 0.717) is 0 Å². The summed E-state index contributed by atoms with van der Waals surface area (Å²) in [6, 6.07) is 3.77. The molecule has 0 unspecified atom stereocenters. The van der Waals surface area contributed by atoms with Crippen molar-refractivity contribution in [1.29, 1.82) is 0 Å². The Kier molecular flexibility index (Phi) is 3.87. The van der Waals surface area contributed by atoms with Gasteiger partial charge in [0.15, 0.2) is 0 Å². The fraction of sp³-hybridized carbons (Fsp3) is 0.100. The number of rotatable bonds is 5. The highest BCUT2D eigenvalue weighted by atomic mass is 32.2. The molecule has 0 radical (unpaired) electrons. The Bertz CT molecular complexity index is 552. The zero-order valence-electron chi connectivity index (χ0n) is 9.01. The van der Waals surface area contributed by atoms with Crippen LogP contribution in [0.3, 0.4) is 0 Å². The fourth-order valence-electron chi connectivity index (χ4n) is 1.19. The summed E-state index contributed by atoms with van der Waals surface area (Å²) in [4.78, 5) is 10.8. The average molecular weight is 255 g/mol. The van der Waals surface area contributed by atoms with Gasteiger partial charge in [-0.2, -0.15) is 0 Å². The Balaban J connectivity index is 3.16. The molecule has 0 heterocycles. The van der Waals surface area contributed by atoms with E-state index in [-0.39, 0.29) is 22.7 Å². The number of carbonyl (C=O) groups is 1. The third kappa shape index (κ3) is 3.05. The van der Waals surface area contributed by atoms with E-state index < -0.39 is 15.9 Å². The Morgan fingerprint density at radius 3 is 2.59 bits per heavy atom. The summed E-state index contributed by atoms with van der Waals surface area (Å²) in [5.41, 5.74) is 10.7. The van der Waals surface area contributed by atoms with Gasteiger partial charge in [-0.3, -0.25) is 4.79 Å². The van der Waals surface area contributed by atoms with Crippen molar-refractivity contribution in [3.63, 3.8) is 0 Å². The number of primary amides is 1. The highest BCUT2D eigenvalue weighted by Crippen LogP contribution is 2.19. The first-order valence-electron chi connectivity index (χ1n) is 4.68. The third-order valence-electron chi connectivity index (χ3n) is 2.00. The number of anilines is 1. The van der Waals surface area contributed by atoms with Crippen LogP contribution in [0.1, 0.15) is 10.4 Å². The fourth-order valence-corrected chi connectivity index (χ4v) is 2.30. The molecule has 1 aromatic rings. The minimum absolute atomic E-state index is 0.0298. The van der Waals surface area contributed by atoms with Gasteiger partial charge in [0.25, 0.3) is 0 Å². The van der Waals surface area contributed by atoms with Crippen molar-refractivity contribution in [2.24, 2.45) is 5.73 Å². The van der Waals surface area contributed by atoms with Gasteiger partial charge in [0.2, 0.25) is 15.9 Å². The maximum atomic E-state index is 11.7. The molecule has 0 saturated heterocycles. The van der Waals surface area contributed by atoms with E-state index in [4.69, 9.17) is 11.5 Å². The van der Waals surface area contributed by atoms with Crippen LogP contribution in [-0.4, -0.2) is 20.9 Å².